The third kappa shape index (κ3) is 3.85. The van der Waals surface area contributed by atoms with Crippen LogP contribution in [0.5, 0.6) is 0 Å². The largest absolute Gasteiger partial charge is 0.464 e. The summed E-state index contributed by atoms with van der Waals surface area (Å²) in [7, 11) is 2.21. The minimum atomic E-state index is -1.03. The Kier molecular flexibility index (Phi) is 6.05. The fourth-order valence-corrected chi connectivity index (χ4v) is 2.99. The number of methoxy groups -OCH3 is 2. The summed E-state index contributed by atoms with van der Waals surface area (Å²) < 4.78 is 15.7. The number of aliphatic hydroxyl groups is 2. The van der Waals surface area contributed by atoms with Gasteiger partial charge in [0.2, 0.25) is 0 Å². The van der Waals surface area contributed by atoms with Crippen LogP contribution in [-0.4, -0.2) is 74.9 Å². The van der Waals surface area contributed by atoms with Crippen LogP contribution in [0.4, 0.5) is 0 Å². The Morgan fingerprint density at radius 3 is 2.53 bits per heavy atom. The summed E-state index contributed by atoms with van der Waals surface area (Å²) in [6.07, 6.45) is -1.85. The highest BCUT2D eigenvalue weighted by Crippen LogP contribution is 2.28. The summed E-state index contributed by atoms with van der Waals surface area (Å²) in [6.45, 7) is -0.466. The van der Waals surface area contributed by atoms with E-state index in [4.69, 9.17) is 4.74 Å². The highest BCUT2D eigenvalue weighted by molar-refractivity contribution is 5.97. The van der Waals surface area contributed by atoms with E-state index in [0.717, 1.165) is 31.0 Å². The van der Waals surface area contributed by atoms with Gasteiger partial charge in [0, 0.05) is 18.2 Å². The summed E-state index contributed by atoms with van der Waals surface area (Å²) in [6, 6.07) is 1.10. The normalized spacial score (nSPS) is 20.7. The molecule has 0 amide bonds. The van der Waals surface area contributed by atoms with E-state index in [1.807, 2.05) is 0 Å². The summed E-state index contributed by atoms with van der Waals surface area (Å²) in [5.74, 6) is -1.79. The van der Waals surface area contributed by atoms with Crippen molar-refractivity contribution in [2.45, 2.75) is 24.9 Å². The lowest BCUT2D eigenvalue weighted by molar-refractivity contribution is -0.0458. The molecule has 1 aliphatic rings. The van der Waals surface area contributed by atoms with Crippen molar-refractivity contribution >= 4 is 11.9 Å². The first-order valence-corrected chi connectivity index (χ1v) is 8.65. The zero-order valence-corrected chi connectivity index (χ0v) is 15.9. The average Bonchev–Trinajstić information content (AvgIpc) is 3.12. The number of hydrogen-bond donors (Lipinski definition) is 3. The predicted octanol–water partition coefficient (Wildman–Crippen LogP) is -1.79. The summed E-state index contributed by atoms with van der Waals surface area (Å²) >= 11 is 0. The number of aromatic nitrogens is 4. The van der Waals surface area contributed by atoms with Gasteiger partial charge in [0.1, 0.15) is 12.3 Å². The second-order valence-electron chi connectivity index (χ2n) is 6.30. The predicted molar refractivity (Wildman–Crippen MR) is 96.6 cm³/mol. The molecule has 0 aromatic carbocycles. The van der Waals surface area contributed by atoms with Gasteiger partial charge >= 0.3 is 17.6 Å². The van der Waals surface area contributed by atoms with Crippen molar-refractivity contribution in [2.24, 2.45) is 0 Å². The Bertz CT molecular complexity index is 1090. The van der Waals surface area contributed by atoms with E-state index in [9.17, 15) is 29.4 Å². The van der Waals surface area contributed by atoms with Crippen molar-refractivity contribution in [1.29, 1.82) is 0 Å². The van der Waals surface area contributed by atoms with Gasteiger partial charge in [-0.1, -0.05) is 0 Å². The second kappa shape index (κ2) is 8.52. The molecular weight excluding hydrogens is 404 g/mol. The minimum absolute atomic E-state index is 0.0253. The first-order valence-electron chi connectivity index (χ1n) is 8.65. The first kappa shape index (κ1) is 21.3. The average molecular weight is 422 g/mol. The quantitative estimate of drug-likeness (QED) is 0.462. The van der Waals surface area contributed by atoms with Crippen molar-refractivity contribution in [2.75, 3.05) is 20.8 Å². The second-order valence-corrected chi connectivity index (χ2v) is 6.30. The summed E-state index contributed by atoms with van der Waals surface area (Å²) in [5.41, 5.74) is -2.71. The van der Waals surface area contributed by atoms with Crippen LogP contribution in [0, 0.1) is 0 Å². The lowest BCUT2D eigenvalue weighted by atomic mass is 10.1. The van der Waals surface area contributed by atoms with Gasteiger partial charge in [0.15, 0.2) is 11.4 Å². The Labute approximate surface area is 167 Å². The fraction of sp³-hybridized carbons (Fsp3) is 0.412. The Morgan fingerprint density at radius 1 is 1.23 bits per heavy atom. The molecule has 13 heteroatoms. The van der Waals surface area contributed by atoms with Crippen LogP contribution in [0.1, 0.15) is 33.6 Å². The number of ether oxygens (including phenoxy) is 3. The van der Waals surface area contributed by atoms with Gasteiger partial charge in [0.25, 0.3) is 5.56 Å². The third-order valence-corrected chi connectivity index (χ3v) is 4.52. The monoisotopic (exact) mass is 422 g/mol. The molecule has 13 nitrogen and oxygen atoms in total. The maximum absolute atomic E-state index is 12.5. The van der Waals surface area contributed by atoms with Crippen LogP contribution in [0.2, 0.25) is 0 Å². The molecule has 0 bridgehead atoms. The Balaban J connectivity index is 2.18. The van der Waals surface area contributed by atoms with E-state index in [0.29, 0.717) is 0 Å². The number of carbonyl (C=O) groups excluding carboxylic acids is 2. The molecule has 1 fully saturated rings. The standard InChI is InChI=1S/C17H18N4O9/c1-28-15(25)9-3-7(13(20-19-9)16(26)29-2)8-5-21(17(27)18-14(8)24)12-4-10(23)11(6-22)30-12/h3,5,10-12,22-23H,4,6H2,1-2H3,(H,18,24,27)/t10-,11+,12+/m0/s1. The number of rotatable bonds is 5. The van der Waals surface area contributed by atoms with Crippen LogP contribution < -0.4 is 11.2 Å². The molecule has 2 aromatic heterocycles. The molecule has 0 unspecified atom stereocenters. The van der Waals surface area contributed by atoms with Gasteiger partial charge in [-0.15, -0.1) is 10.2 Å². The number of carbonyl (C=O) groups is 2. The highest BCUT2D eigenvalue weighted by Gasteiger charge is 2.35. The van der Waals surface area contributed by atoms with Gasteiger partial charge in [-0.2, -0.15) is 0 Å². The van der Waals surface area contributed by atoms with Crippen LogP contribution in [0.3, 0.4) is 0 Å². The number of H-pyrrole nitrogens is 1. The lowest BCUT2D eigenvalue weighted by Crippen LogP contribution is -2.33. The maximum Gasteiger partial charge on any atom is 0.359 e. The molecule has 0 spiro atoms. The molecule has 3 heterocycles. The molecule has 0 aliphatic carbocycles. The van der Waals surface area contributed by atoms with Crippen molar-refractivity contribution in [3.63, 3.8) is 0 Å². The fourth-order valence-electron chi connectivity index (χ4n) is 2.99. The zero-order valence-electron chi connectivity index (χ0n) is 15.9. The van der Waals surface area contributed by atoms with Crippen LogP contribution in [-0.2, 0) is 14.2 Å². The number of hydrogen-bond acceptors (Lipinski definition) is 11. The topological polar surface area (TPSA) is 183 Å². The number of nitrogens with zero attached hydrogens (tertiary/aromatic N) is 3. The molecule has 2 aromatic rings. The van der Waals surface area contributed by atoms with E-state index < -0.39 is 48.2 Å². The van der Waals surface area contributed by atoms with E-state index in [-0.39, 0.29) is 28.9 Å². The molecule has 0 radical (unpaired) electrons. The summed E-state index contributed by atoms with van der Waals surface area (Å²) in [4.78, 5) is 50.8. The van der Waals surface area contributed by atoms with Crippen molar-refractivity contribution < 1.29 is 34.0 Å². The SMILES string of the molecule is COC(=O)c1cc(-c2cn([C@H]3C[C@H](O)[C@@H](CO)O3)c(=O)[nH]c2=O)c(C(=O)OC)nn1. The molecular formula is C17H18N4O9. The Hall–Kier alpha value is -3.42. The van der Waals surface area contributed by atoms with Crippen molar-refractivity contribution in [1.82, 2.24) is 19.7 Å². The summed E-state index contributed by atoms with van der Waals surface area (Å²) in [5, 5.41) is 26.4. The van der Waals surface area contributed by atoms with E-state index in [2.05, 4.69) is 24.7 Å². The molecule has 3 atom stereocenters. The molecule has 3 N–H and O–H groups in total. The van der Waals surface area contributed by atoms with Gasteiger partial charge in [0.05, 0.1) is 32.5 Å². The lowest BCUT2D eigenvalue weighted by Gasteiger charge is -2.16. The van der Waals surface area contributed by atoms with E-state index in [1.165, 1.54) is 0 Å². The molecule has 30 heavy (non-hydrogen) atoms. The number of nitrogens with one attached hydrogen (secondary N) is 1. The highest BCUT2D eigenvalue weighted by atomic mass is 16.5. The zero-order chi connectivity index (χ0) is 22.0. The maximum atomic E-state index is 12.5. The third-order valence-electron chi connectivity index (χ3n) is 4.52. The van der Waals surface area contributed by atoms with Gasteiger partial charge in [-0.3, -0.25) is 14.3 Å². The van der Waals surface area contributed by atoms with Gasteiger partial charge in [-0.25, -0.2) is 14.4 Å². The molecule has 1 saturated heterocycles. The molecule has 160 valence electrons. The van der Waals surface area contributed by atoms with Crippen molar-refractivity contribution in [3.05, 3.63) is 44.5 Å². The van der Waals surface area contributed by atoms with Crippen molar-refractivity contribution in [3.8, 4) is 11.1 Å². The van der Waals surface area contributed by atoms with Gasteiger partial charge < -0.3 is 24.4 Å². The first-order chi connectivity index (χ1) is 14.3. The number of esters is 2. The molecule has 3 rings (SSSR count). The van der Waals surface area contributed by atoms with Crippen LogP contribution in [0.25, 0.3) is 11.1 Å². The van der Waals surface area contributed by atoms with E-state index in [1.54, 1.807) is 0 Å². The number of aromatic amines is 1. The van der Waals surface area contributed by atoms with Crippen LogP contribution in [0.15, 0.2) is 21.9 Å². The Morgan fingerprint density at radius 2 is 1.93 bits per heavy atom. The number of aliphatic hydroxyl groups excluding tert-OH is 2. The minimum Gasteiger partial charge on any atom is -0.464 e. The molecule has 0 saturated carbocycles. The molecule has 1 aliphatic heterocycles. The smallest absolute Gasteiger partial charge is 0.359 e. The van der Waals surface area contributed by atoms with Crippen LogP contribution >= 0.6 is 0 Å². The van der Waals surface area contributed by atoms with Gasteiger partial charge in [-0.05, 0) is 6.07 Å². The van der Waals surface area contributed by atoms with E-state index >= 15 is 0 Å².